The van der Waals surface area contributed by atoms with E-state index < -0.39 is 11.9 Å². The molecule has 2 N–H and O–H groups in total. The molecule has 2 aromatic heterocycles. The van der Waals surface area contributed by atoms with E-state index in [4.69, 9.17) is 19.3 Å². The average molecular weight is 389 g/mol. The van der Waals surface area contributed by atoms with Crippen molar-refractivity contribution in [3.63, 3.8) is 0 Å². The maximum Gasteiger partial charge on any atom is 0.337 e. The summed E-state index contributed by atoms with van der Waals surface area (Å²) in [4.78, 5) is 31.7. The van der Waals surface area contributed by atoms with Crippen molar-refractivity contribution in [2.45, 2.75) is 33.0 Å². The number of nitrogens with one attached hydrogen (secondary N) is 1. The molecule has 2 rings (SSSR count). The Labute approximate surface area is 162 Å². The maximum absolute atomic E-state index is 12.6. The zero-order valence-corrected chi connectivity index (χ0v) is 16.1. The summed E-state index contributed by atoms with van der Waals surface area (Å²) in [5.74, 6) is -0.871. The van der Waals surface area contributed by atoms with E-state index in [0.29, 0.717) is 6.61 Å². The zero-order chi connectivity index (χ0) is 20.7. The van der Waals surface area contributed by atoms with Gasteiger partial charge in [0.1, 0.15) is 11.9 Å². The molecule has 0 bridgehead atoms. The minimum Gasteiger partial charge on any atom is -0.478 e. The third-order valence-electron chi connectivity index (χ3n) is 3.37. The molecule has 0 aliphatic heterocycles. The van der Waals surface area contributed by atoms with Crippen LogP contribution in [0.1, 0.15) is 41.5 Å². The smallest absolute Gasteiger partial charge is 0.337 e. The van der Waals surface area contributed by atoms with E-state index in [1.807, 2.05) is 20.8 Å². The average Bonchev–Trinajstić information content (AvgIpc) is 2.61. The first-order chi connectivity index (χ1) is 13.3. The summed E-state index contributed by atoms with van der Waals surface area (Å²) in [6.45, 7) is 5.86. The number of hydrogen-bond acceptors (Lipinski definition) is 7. The fourth-order valence-electron chi connectivity index (χ4n) is 2.23. The second kappa shape index (κ2) is 9.65. The zero-order valence-electron chi connectivity index (χ0n) is 16.1. The molecule has 0 saturated heterocycles. The number of carbonyl (C=O) groups is 2. The Hall–Kier alpha value is -3.20. The van der Waals surface area contributed by atoms with Gasteiger partial charge in [0.15, 0.2) is 0 Å². The van der Waals surface area contributed by atoms with Crippen LogP contribution in [0.3, 0.4) is 0 Å². The molecular weight excluding hydrogens is 366 g/mol. The summed E-state index contributed by atoms with van der Waals surface area (Å²) in [7, 11) is 1.56. The topological polar surface area (TPSA) is 120 Å². The monoisotopic (exact) mass is 389 g/mol. The largest absolute Gasteiger partial charge is 0.478 e. The Kier molecular flexibility index (Phi) is 7.28. The Morgan fingerprint density at radius 1 is 1.11 bits per heavy atom. The van der Waals surface area contributed by atoms with E-state index >= 15 is 0 Å². The van der Waals surface area contributed by atoms with Gasteiger partial charge in [-0.2, -0.15) is 4.98 Å². The minimum atomic E-state index is -1.10. The molecule has 9 heteroatoms. The fraction of sp³-hybridized carbons (Fsp3) is 0.368. The van der Waals surface area contributed by atoms with Gasteiger partial charge in [-0.15, -0.1) is 0 Å². The van der Waals surface area contributed by atoms with Gasteiger partial charge in [0.05, 0.1) is 23.8 Å². The van der Waals surface area contributed by atoms with E-state index in [1.54, 1.807) is 7.11 Å². The number of carbonyl (C=O) groups excluding carboxylic acids is 1. The van der Waals surface area contributed by atoms with Crippen LogP contribution in [0, 0.1) is 0 Å². The number of carboxylic acids is 1. The normalized spacial score (nSPS) is 11.8. The van der Waals surface area contributed by atoms with Crippen LogP contribution in [0.5, 0.6) is 11.8 Å². The molecule has 0 aliphatic rings. The van der Waals surface area contributed by atoms with Crippen LogP contribution in [-0.2, 0) is 4.74 Å². The Morgan fingerprint density at radius 2 is 1.79 bits per heavy atom. The quantitative estimate of drug-likeness (QED) is 0.672. The summed E-state index contributed by atoms with van der Waals surface area (Å²) in [5, 5.41) is 11.5. The first kappa shape index (κ1) is 21.1. The Morgan fingerprint density at radius 3 is 2.32 bits per heavy atom. The summed E-state index contributed by atoms with van der Waals surface area (Å²) < 4.78 is 16.3. The number of pyridine rings is 2. The number of aromatic carboxylic acids is 1. The van der Waals surface area contributed by atoms with E-state index in [9.17, 15) is 9.59 Å². The SMILES string of the molecule is COC[C@@H](C)Oc1cc(C(=O)Nc2ccc(C(=O)O)cn2)cc(OC(C)C)n1. The van der Waals surface area contributed by atoms with Gasteiger partial charge in [-0.25, -0.2) is 9.78 Å². The van der Waals surface area contributed by atoms with Crippen molar-refractivity contribution in [2.75, 3.05) is 19.0 Å². The molecule has 0 unspecified atom stereocenters. The van der Waals surface area contributed by atoms with Crippen LogP contribution in [0.2, 0.25) is 0 Å². The highest BCUT2D eigenvalue weighted by molar-refractivity contribution is 6.04. The first-order valence-electron chi connectivity index (χ1n) is 8.63. The lowest BCUT2D eigenvalue weighted by Gasteiger charge is -2.16. The Balaban J connectivity index is 2.23. The summed E-state index contributed by atoms with van der Waals surface area (Å²) in [6.07, 6.45) is 0.756. The molecule has 0 aromatic carbocycles. The van der Waals surface area contributed by atoms with Crippen LogP contribution < -0.4 is 14.8 Å². The second-order valence-corrected chi connectivity index (χ2v) is 6.27. The fourth-order valence-corrected chi connectivity index (χ4v) is 2.23. The van der Waals surface area contributed by atoms with Crippen molar-refractivity contribution in [1.82, 2.24) is 9.97 Å². The lowest BCUT2D eigenvalue weighted by atomic mass is 10.2. The van der Waals surface area contributed by atoms with E-state index in [2.05, 4.69) is 15.3 Å². The van der Waals surface area contributed by atoms with Crippen molar-refractivity contribution in [3.05, 3.63) is 41.6 Å². The molecule has 2 heterocycles. The van der Waals surface area contributed by atoms with Gasteiger partial charge >= 0.3 is 5.97 Å². The van der Waals surface area contributed by atoms with Crippen molar-refractivity contribution >= 4 is 17.7 Å². The number of methoxy groups -OCH3 is 1. The van der Waals surface area contributed by atoms with Gasteiger partial charge in [0, 0.05) is 25.4 Å². The molecule has 1 atom stereocenters. The maximum atomic E-state index is 12.6. The highest BCUT2D eigenvalue weighted by Crippen LogP contribution is 2.21. The summed E-state index contributed by atoms with van der Waals surface area (Å²) in [6, 6.07) is 5.74. The van der Waals surface area contributed by atoms with Gasteiger partial charge in [-0.05, 0) is 32.9 Å². The first-order valence-corrected chi connectivity index (χ1v) is 8.63. The molecular formula is C19H23N3O6. The van der Waals surface area contributed by atoms with Crippen molar-refractivity contribution in [2.24, 2.45) is 0 Å². The third kappa shape index (κ3) is 6.20. The van der Waals surface area contributed by atoms with Crippen LogP contribution in [0.15, 0.2) is 30.5 Å². The molecule has 9 nitrogen and oxygen atoms in total. The van der Waals surface area contributed by atoms with Crippen LogP contribution in [0.25, 0.3) is 0 Å². The van der Waals surface area contributed by atoms with Crippen molar-refractivity contribution in [3.8, 4) is 11.8 Å². The predicted octanol–water partition coefficient (Wildman–Crippen LogP) is 2.63. The molecule has 0 radical (unpaired) electrons. The van der Waals surface area contributed by atoms with Crippen molar-refractivity contribution < 1.29 is 28.9 Å². The van der Waals surface area contributed by atoms with Gasteiger partial charge in [0.25, 0.3) is 5.91 Å². The van der Waals surface area contributed by atoms with Crippen LogP contribution in [0.4, 0.5) is 5.82 Å². The summed E-state index contributed by atoms with van der Waals surface area (Å²) >= 11 is 0. The summed E-state index contributed by atoms with van der Waals surface area (Å²) in [5.41, 5.74) is 0.284. The van der Waals surface area contributed by atoms with Gasteiger partial charge in [0.2, 0.25) is 11.8 Å². The van der Waals surface area contributed by atoms with Crippen LogP contribution >= 0.6 is 0 Å². The number of rotatable bonds is 9. The van der Waals surface area contributed by atoms with Gasteiger partial charge in [-0.3, -0.25) is 4.79 Å². The second-order valence-electron chi connectivity index (χ2n) is 6.27. The van der Waals surface area contributed by atoms with Gasteiger partial charge < -0.3 is 24.6 Å². The van der Waals surface area contributed by atoms with E-state index in [1.165, 1.54) is 30.5 Å². The number of hydrogen-bond donors (Lipinski definition) is 2. The van der Waals surface area contributed by atoms with E-state index in [-0.39, 0.29) is 40.9 Å². The number of amides is 1. The molecule has 0 fully saturated rings. The molecule has 0 aliphatic carbocycles. The highest BCUT2D eigenvalue weighted by Gasteiger charge is 2.15. The number of nitrogens with zero attached hydrogens (tertiary/aromatic N) is 2. The third-order valence-corrected chi connectivity index (χ3v) is 3.37. The predicted molar refractivity (Wildman–Crippen MR) is 101 cm³/mol. The minimum absolute atomic E-state index is 0.0253. The lowest BCUT2D eigenvalue weighted by molar-refractivity contribution is 0.0696. The van der Waals surface area contributed by atoms with Crippen molar-refractivity contribution in [1.29, 1.82) is 0 Å². The molecule has 0 spiro atoms. The standard InChI is InChI=1S/C19H23N3O6/c1-11(2)27-16-7-14(8-17(22-16)28-12(3)10-26-4)18(23)21-15-6-5-13(9-20-15)19(24)25/h5-9,11-12H,10H2,1-4H3,(H,24,25)(H,20,21,23)/t12-/m1/s1. The van der Waals surface area contributed by atoms with E-state index in [0.717, 1.165) is 0 Å². The number of ether oxygens (including phenoxy) is 3. The molecule has 2 aromatic rings. The molecule has 150 valence electrons. The molecule has 0 saturated carbocycles. The Bertz CT molecular complexity index is 823. The highest BCUT2D eigenvalue weighted by atomic mass is 16.5. The number of aromatic nitrogens is 2. The molecule has 1 amide bonds. The lowest BCUT2D eigenvalue weighted by Crippen LogP contribution is -2.20. The van der Waals surface area contributed by atoms with Crippen LogP contribution in [-0.4, -0.2) is 52.9 Å². The molecule has 28 heavy (non-hydrogen) atoms. The number of anilines is 1. The number of carboxylic acid groups (broad SMARTS) is 1. The van der Waals surface area contributed by atoms with Gasteiger partial charge in [-0.1, -0.05) is 0 Å².